The maximum Gasteiger partial charge on any atom is 0.320 e. The number of rotatable bonds is 1. The smallest absolute Gasteiger partial charge is 0.320 e. The molecular formula is C15H27N3O. The highest BCUT2D eigenvalue weighted by molar-refractivity contribution is 5.75. The van der Waals surface area contributed by atoms with Crippen molar-refractivity contribution in [2.24, 2.45) is 11.8 Å². The van der Waals surface area contributed by atoms with Gasteiger partial charge in [-0.3, -0.25) is 0 Å². The quantitative estimate of drug-likeness (QED) is 0.786. The molecule has 0 aromatic heterocycles. The highest BCUT2D eigenvalue weighted by Crippen LogP contribution is 2.30. The van der Waals surface area contributed by atoms with Crippen molar-refractivity contribution in [1.82, 2.24) is 15.1 Å². The zero-order chi connectivity index (χ0) is 13.2. The van der Waals surface area contributed by atoms with Crippen LogP contribution in [0.15, 0.2) is 0 Å². The van der Waals surface area contributed by atoms with Gasteiger partial charge in [0.1, 0.15) is 0 Å². The van der Waals surface area contributed by atoms with E-state index in [1.807, 2.05) is 11.9 Å². The van der Waals surface area contributed by atoms with Crippen LogP contribution in [0.3, 0.4) is 0 Å². The van der Waals surface area contributed by atoms with Gasteiger partial charge in [0.15, 0.2) is 0 Å². The Labute approximate surface area is 116 Å². The van der Waals surface area contributed by atoms with Crippen molar-refractivity contribution in [3.05, 3.63) is 0 Å². The van der Waals surface area contributed by atoms with Crippen LogP contribution in [-0.4, -0.2) is 55.1 Å². The van der Waals surface area contributed by atoms with Gasteiger partial charge in [0.25, 0.3) is 0 Å². The Morgan fingerprint density at radius 3 is 2.58 bits per heavy atom. The number of nitrogens with zero attached hydrogens (tertiary/aromatic N) is 2. The van der Waals surface area contributed by atoms with E-state index in [0.29, 0.717) is 12.0 Å². The molecule has 108 valence electrons. The maximum atomic E-state index is 12.6. The van der Waals surface area contributed by atoms with Crippen LogP contribution in [0.1, 0.15) is 38.5 Å². The molecule has 0 aromatic rings. The van der Waals surface area contributed by atoms with E-state index in [1.54, 1.807) is 0 Å². The van der Waals surface area contributed by atoms with Crippen molar-refractivity contribution < 1.29 is 4.79 Å². The summed E-state index contributed by atoms with van der Waals surface area (Å²) in [7, 11) is 2.01. The minimum absolute atomic E-state index is 0.279. The van der Waals surface area contributed by atoms with E-state index in [9.17, 15) is 4.79 Å². The van der Waals surface area contributed by atoms with Gasteiger partial charge in [0, 0.05) is 26.2 Å². The summed E-state index contributed by atoms with van der Waals surface area (Å²) in [5.74, 6) is 1.43. The molecule has 1 N–H and O–H groups in total. The summed E-state index contributed by atoms with van der Waals surface area (Å²) in [6.45, 7) is 4.18. The summed E-state index contributed by atoms with van der Waals surface area (Å²) >= 11 is 0. The van der Waals surface area contributed by atoms with E-state index in [4.69, 9.17) is 0 Å². The zero-order valence-electron chi connectivity index (χ0n) is 12.1. The molecule has 4 heteroatoms. The normalized spacial score (nSPS) is 32.2. The Kier molecular flexibility index (Phi) is 3.96. The predicted octanol–water partition coefficient (Wildman–Crippen LogP) is 1.91. The second-order valence-electron chi connectivity index (χ2n) is 6.60. The fourth-order valence-electron chi connectivity index (χ4n) is 4.08. The van der Waals surface area contributed by atoms with Crippen molar-refractivity contribution >= 4 is 6.03 Å². The van der Waals surface area contributed by atoms with Crippen molar-refractivity contribution in [2.75, 3.05) is 33.2 Å². The number of carbonyl (C=O) groups excluding carboxylic acids is 1. The van der Waals surface area contributed by atoms with Crippen LogP contribution in [0, 0.1) is 11.8 Å². The van der Waals surface area contributed by atoms with Gasteiger partial charge in [0.05, 0.1) is 0 Å². The van der Waals surface area contributed by atoms with Gasteiger partial charge in [-0.25, -0.2) is 4.79 Å². The Hall–Kier alpha value is -0.770. The summed E-state index contributed by atoms with van der Waals surface area (Å²) in [6.07, 6.45) is 7.56. The number of fused-ring (bicyclic) bond motifs is 1. The molecule has 2 amide bonds. The molecule has 4 nitrogen and oxygen atoms in total. The topological polar surface area (TPSA) is 35.6 Å². The number of urea groups is 1. The van der Waals surface area contributed by atoms with Crippen LogP contribution in [0.2, 0.25) is 0 Å². The lowest BCUT2D eigenvalue weighted by Gasteiger charge is -2.34. The van der Waals surface area contributed by atoms with Crippen LogP contribution in [0.5, 0.6) is 0 Å². The molecule has 0 bridgehead atoms. The fraction of sp³-hybridized carbons (Fsp3) is 0.933. The van der Waals surface area contributed by atoms with Crippen molar-refractivity contribution in [3.8, 4) is 0 Å². The van der Waals surface area contributed by atoms with E-state index in [2.05, 4.69) is 10.2 Å². The molecule has 19 heavy (non-hydrogen) atoms. The van der Waals surface area contributed by atoms with Crippen molar-refractivity contribution in [1.29, 1.82) is 0 Å². The molecule has 1 saturated carbocycles. The average molecular weight is 265 g/mol. The van der Waals surface area contributed by atoms with E-state index in [0.717, 1.165) is 32.1 Å². The molecule has 2 saturated heterocycles. The highest BCUT2D eigenvalue weighted by atomic mass is 16.2. The van der Waals surface area contributed by atoms with Gasteiger partial charge in [-0.2, -0.15) is 0 Å². The minimum Gasteiger partial charge on any atom is -0.325 e. The number of hydrogen-bond acceptors (Lipinski definition) is 2. The Balaban J connectivity index is 1.57. The van der Waals surface area contributed by atoms with Gasteiger partial charge in [-0.1, -0.05) is 19.3 Å². The molecule has 1 aliphatic carbocycles. The second kappa shape index (κ2) is 5.70. The molecule has 3 fully saturated rings. The number of nitrogens with one attached hydrogen (secondary N) is 1. The first-order chi connectivity index (χ1) is 9.25. The average Bonchev–Trinajstić information content (AvgIpc) is 2.90. The third-order valence-electron chi connectivity index (χ3n) is 5.37. The Bertz CT molecular complexity index is 313. The molecule has 2 heterocycles. The van der Waals surface area contributed by atoms with Crippen LogP contribution in [-0.2, 0) is 0 Å². The number of carbonyl (C=O) groups is 1. The lowest BCUT2D eigenvalue weighted by Crippen LogP contribution is -2.46. The van der Waals surface area contributed by atoms with Crippen molar-refractivity contribution in [2.45, 2.75) is 44.6 Å². The van der Waals surface area contributed by atoms with Crippen LogP contribution in [0.25, 0.3) is 0 Å². The van der Waals surface area contributed by atoms with Gasteiger partial charge >= 0.3 is 6.03 Å². The third-order valence-corrected chi connectivity index (χ3v) is 5.37. The highest BCUT2D eigenvalue weighted by Gasteiger charge is 2.38. The number of likely N-dealkylation sites (tertiary alicyclic amines) is 1. The summed E-state index contributed by atoms with van der Waals surface area (Å²) in [5.41, 5.74) is 0. The molecule has 2 atom stereocenters. The maximum absolute atomic E-state index is 12.6. The zero-order valence-corrected chi connectivity index (χ0v) is 12.1. The lowest BCUT2D eigenvalue weighted by atomic mass is 9.90. The second-order valence-corrected chi connectivity index (χ2v) is 6.60. The molecule has 0 radical (unpaired) electrons. The van der Waals surface area contributed by atoms with Crippen molar-refractivity contribution in [3.63, 3.8) is 0 Å². The third kappa shape index (κ3) is 2.73. The summed E-state index contributed by atoms with van der Waals surface area (Å²) < 4.78 is 0. The monoisotopic (exact) mass is 265 g/mol. The first kappa shape index (κ1) is 13.2. The first-order valence-electron chi connectivity index (χ1n) is 7.98. The molecular weight excluding hydrogens is 238 g/mol. The van der Waals surface area contributed by atoms with E-state index >= 15 is 0 Å². The van der Waals surface area contributed by atoms with E-state index < -0.39 is 0 Å². The molecule has 2 aliphatic heterocycles. The molecule has 0 aromatic carbocycles. The van der Waals surface area contributed by atoms with Crippen LogP contribution < -0.4 is 5.32 Å². The largest absolute Gasteiger partial charge is 0.325 e. The summed E-state index contributed by atoms with van der Waals surface area (Å²) in [6, 6.07) is 0.767. The van der Waals surface area contributed by atoms with Gasteiger partial charge in [0.2, 0.25) is 0 Å². The van der Waals surface area contributed by atoms with Crippen LogP contribution >= 0.6 is 0 Å². The predicted molar refractivity (Wildman–Crippen MR) is 76.1 cm³/mol. The Morgan fingerprint density at radius 2 is 1.84 bits per heavy atom. The molecule has 0 unspecified atom stereocenters. The van der Waals surface area contributed by atoms with Gasteiger partial charge in [-0.05, 0) is 44.2 Å². The lowest BCUT2D eigenvalue weighted by molar-refractivity contribution is 0.141. The van der Waals surface area contributed by atoms with Gasteiger partial charge in [-0.15, -0.1) is 0 Å². The SMILES string of the molecule is CN(C(=O)N1C[C@H]2CNCC[C@H]2C1)C1CCCCC1. The fourth-order valence-corrected chi connectivity index (χ4v) is 4.08. The number of amides is 2. The Morgan fingerprint density at radius 1 is 1.11 bits per heavy atom. The van der Waals surface area contributed by atoms with E-state index in [1.165, 1.54) is 38.5 Å². The summed E-state index contributed by atoms with van der Waals surface area (Å²) in [5, 5.41) is 3.46. The standard InChI is InChI=1S/C15H27N3O/c1-17(14-5-3-2-4-6-14)15(19)18-10-12-7-8-16-9-13(12)11-18/h12-14,16H,2-11H2,1H3/t12-,13+/m0/s1. The number of hydrogen-bond donors (Lipinski definition) is 1. The minimum atomic E-state index is 0.279. The first-order valence-corrected chi connectivity index (χ1v) is 7.98. The molecule has 3 rings (SSSR count). The summed E-state index contributed by atoms with van der Waals surface area (Å²) in [4.78, 5) is 16.8. The van der Waals surface area contributed by atoms with Crippen LogP contribution in [0.4, 0.5) is 4.79 Å². The number of piperidine rings is 1. The van der Waals surface area contributed by atoms with Gasteiger partial charge < -0.3 is 15.1 Å². The molecule has 3 aliphatic rings. The van der Waals surface area contributed by atoms with E-state index in [-0.39, 0.29) is 6.03 Å². The molecule has 0 spiro atoms.